The molecule has 1 aromatic carbocycles. The number of thiophene rings is 1. The first kappa shape index (κ1) is 9.29. The Balaban J connectivity index is 2.84. The topological polar surface area (TPSA) is 69.2 Å². The second-order valence-corrected chi connectivity index (χ2v) is 4.57. The van der Waals surface area contributed by atoms with Gasteiger partial charge in [0.25, 0.3) is 0 Å². The molecule has 0 unspecified atom stereocenters. The first-order valence-corrected chi connectivity index (χ1v) is 5.01. The highest BCUT2D eigenvalue weighted by Crippen LogP contribution is 2.40. The molecular weight excluding hydrogens is 220 g/mol. The van der Waals surface area contributed by atoms with Crippen molar-refractivity contribution in [2.75, 3.05) is 5.73 Å². The van der Waals surface area contributed by atoms with E-state index < -0.39 is 4.92 Å². The minimum atomic E-state index is -0.419. The molecule has 0 bridgehead atoms. The smallest absolute Gasteiger partial charge is 0.301 e. The van der Waals surface area contributed by atoms with E-state index in [9.17, 15) is 10.1 Å². The van der Waals surface area contributed by atoms with Gasteiger partial charge in [-0.25, -0.2) is 0 Å². The Morgan fingerprint density at radius 1 is 1.50 bits per heavy atom. The molecule has 0 atom stereocenters. The van der Waals surface area contributed by atoms with Gasteiger partial charge in [-0.3, -0.25) is 10.1 Å². The molecule has 4 nitrogen and oxygen atoms in total. The van der Waals surface area contributed by atoms with Crippen LogP contribution in [0, 0.1) is 10.1 Å². The van der Waals surface area contributed by atoms with Gasteiger partial charge in [0, 0.05) is 10.4 Å². The lowest BCUT2D eigenvalue weighted by molar-refractivity contribution is -0.385. The highest BCUT2D eigenvalue weighted by atomic mass is 32.2. The second-order valence-electron chi connectivity index (χ2n) is 2.77. The van der Waals surface area contributed by atoms with Gasteiger partial charge in [-0.2, -0.15) is 0 Å². The van der Waals surface area contributed by atoms with E-state index >= 15 is 0 Å². The molecule has 0 radical (unpaired) electrons. The number of rotatable bonds is 1. The van der Waals surface area contributed by atoms with Gasteiger partial charge in [0.2, 0.25) is 0 Å². The minimum Gasteiger partial charge on any atom is -0.399 e. The van der Waals surface area contributed by atoms with Gasteiger partial charge >= 0.3 is 5.69 Å². The Bertz CT molecular complexity index is 521. The zero-order valence-electron chi connectivity index (χ0n) is 6.93. The van der Waals surface area contributed by atoms with Gasteiger partial charge in [0.05, 0.1) is 10.3 Å². The van der Waals surface area contributed by atoms with Crippen molar-refractivity contribution in [1.29, 1.82) is 0 Å². The van der Waals surface area contributed by atoms with Crippen LogP contribution < -0.4 is 5.73 Å². The first-order chi connectivity index (χ1) is 6.59. The SMILES string of the molecule is Nc1ccc2c([N+](=O)[O-])c(S)sc2c1. The van der Waals surface area contributed by atoms with Crippen molar-refractivity contribution < 1.29 is 4.92 Å². The maximum Gasteiger partial charge on any atom is 0.301 e. The third-order valence-electron chi connectivity index (χ3n) is 1.85. The third-order valence-corrected chi connectivity index (χ3v) is 3.28. The highest BCUT2D eigenvalue weighted by molar-refractivity contribution is 7.83. The van der Waals surface area contributed by atoms with Crippen LogP contribution in [0.5, 0.6) is 0 Å². The summed E-state index contributed by atoms with van der Waals surface area (Å²) in [4.78, 5) is 10.3. The summed E-state index contributed by atoms with van der Waals surface area (Å²) in [5.74, 6) is 0. The van der Waals surface area contributed by atoms with Crippen molar-refractivity contribution in [1.82, 2.24) is 0 Å². The maximum absolute atomic E-state index is 10.7. The van der Waals surface area contributed by atoms with Crippen LogP contribution in [0.25, 0.3) is 10.1 Å². The van der Waals surface area contributed by atoms with Crippen LogP contribution in [0.15, 0.2) is 22.4 Å². The summed E-state index contributed by atoms with van der Waals surface area (Å²) in [7, 11) is 0. The number of hydrogen-bond donors (Lipinski definition) is 2. The van der Waals surface area contributed by atoms with Crippen molar-refractivity contribution in [3.05, 3.63) is 28.3 Å². The summed E-state index contributed by atoms with van der Waals surface area (Å²) in [6.07, 6.45) is 0. The molecule has 0 aliphatic heterocycles. The van der Waals surface area contributed by atoms with Crippen LogP contribution in [-0.4, -0.2) is 4.92 Å². The van der Waals surface area contributed by atoms with Crippen LogP contribution in [-0.2, 0) is 0 Å². The van der Waals surface area contributed by atoms with Crippen LogP contribution in [0.3, 0.4) is 0 Å². The molecule has 1 aromatic heterocycles. The molecule has 0 fully saturated rings. The largest absolute Gasteiger partial charge is 0.399 e. The Morgan fingerprint density at radius 2 is 2.21 bits per heavy atom. The molecule has 2 aromatic rings. The average Bonchev–Trinajstić information content (AvgIpc) is 2.39. The molecule has 0 spiro atoms. The van der Waals surface area contributed by atoms with E-state index in [0.29, 0.717) is 15.3 Å². The molecule has 6 heteroatoms. The quantitative estimate of drug-likeness (QED) is 0.340. The van der Waals surface area contributed by atoms with Gasteiger partial charge in [-0.1, -0.05) is 0 Å². The molecule has 0 aliphatic rings. The zero-order chi connectivity index (χ0) is 10.3. The molecule has 0 saturated heterocycles. The molecule has 0 saturated carbocycles. The third kappa shape index (κ3) is 1.32. The fourth-order valence-corrected chi connectivity index (χ4v) is 2.72. The lowest BCUT2D eigenvalue weighted by Crippen LogP contribution is -1.87. The van der Waals surface area contributed by atoms with E-state index in [4.69, 9.17) is 5.73 Å². The Labute approximate surface area is 88.9 Å². The Kier molecular flexibility index (Phi) is 2.09. The first-order valence-electron chi connectivity index (χ1n) is 3.75. The van der Waals surface area contributed by atoms with E-state index in [2.05, 4.69) is 12.6 Å². The molecule has 1 heterocycles. The van der Waals surface area contributed by atoms with Crippen LogP contribution in [0.2, 0.25) is 0 Å². The van der Waals surface area contributed by atoms with Crippen molar-refractivity contribution >= 4 is 45.4 Å². The van der Waals surface area contributed by atoms with Crippen LogP contribution >= 0.6 is 24.0 Å². The highest BCUT2D eigenvalue weighted by Gasteiger charge is 2.19. The number of hydrogen-bond acceptors (Lipinski definition) is 5. The number of fused-ring (bicyclic) bond motifs is 1. The van der Waals surface area contributed by atoms with Gasteiger partial charge < -0.3 is 5.73 Å². The standard InChI is InChI=1S/C8H6N2O2S2/c9-4-1-2-5-6(3-4)14-8(13)7(5)10(11)12/h1-3,13H,9H2. The lowest BCUT2D eigenvalue weighted by atomic mass is 10.2. The number of nitrogen functional groups attached to an aromatic ring is 1. The fraction of sp³-hybridized carbons (Fsp3) is 0. The number of nitro groups is 1. The normalized spacial score (nSPS) is 10.6. The van der Waals surface area contributed by atoms with Crippen molar-refractivity contribution in [3.8, 4) is 0 Å². The predicted molar refractivity (Wildman–Crippen MR) is 60.1 cm³/mol. The fourth-order valence-electron chi connectivity index (χ4n) is 1.26. The number of thiol groups is 1. The minimum absolute atomic E-state index is 0.0633. The van der Waals surface area contributed by atoms with Gasteiger partial charge in [-0.15, -0.1) is 24.0 Å². The Morgan fingerprint density at radius 3 is 2.86 bits per heavy atom. The van der Waals surface area contributed by atoms with Gasteiger partial charge in [0.15, 0.2) is 0 Å². The van der Waals surface area contributed by atoms with Gasteiger partial charge in [-0.05, 0) is 18.2 Å². The lowest BCUT2D eigenvalue weighted by Gasteiger charge is -1.92. The summed E-state index contributed by atoms with van der Waals surface area (Å²) >= 11 is 5.33. The molecule has 72 valence electrons. The second kappa shape index (κ2) is 3.14. The summed E-state index contributed by atoms with van der Waals surface area (Å²) in [6, 6.07) is 5.01. The van der Waals surface area contributed by atoms with E-state index in [1.165, 1.54) is 11.3 Å². The molecule has 2 N–H and O–H groups in total. The van der Waals surface area contributed by atoms with E-state index in [0.717, 1.165) is 4.70 Å². The summed E-state index contributed by atoms with van der Waals surface area (Å²) < 4.78 is 1.21. The average molecular weight is 226 g/mol. The summed E-state index contributed by atoms with van der Waals surface area (Å²) in [5, 5.41) is 11.3. The molecular formula is C8H6N2O2S2. The van der Waals surface area contributed by atoms with E-state index in [1.54, 1.807) is 18.2 Å². The molecule has 14 heavy (non-hydrogen) atoms. The maximum atomic E-state index is 10.7. The zero-order valence-corrected chi connectivity index (χ0v) is 8.64. The van der Waals surface area contributed by atoms with E-state index in [1.807, 2.05) is 0 Å². The van der Waals surface area contributed by atoms with Crippen LogP contribution in [0.1, 0.15) is 0 Å². The summed E-state index contributed by atoms with van der Waals surface area (Å²) in [5.41, 5.74) is 6.23. The van der Waals surface area contributed by atoms with Gasteiger partial charge in [0.1, 0.15) is 4.21 Å². The number of benzene rings is 1. The molecule has 0 aliphatic carbocycles. The van der Waals surface area contributed by atoms with Crippen molar-refractivity contribution in [2.45, 2.75) is 4.21 Å². The number of nitrogens with zero attached hydrogens (tertiary/aromatic N) is 1. The number of anilines is 1. The molecule has 0 amide bonds. The summed E-state index contributed by atoms with van der Waals surface area (Å²) in [6.45, 7) is 0. The van der Waals surface area contributed by atoms with Crippen LogP contribution in [0.4, 0.5) is 11.4 Å². The molecule has 2 rings (SSSR count). The number of nitrogens with two attached hydrogens (primary N) is 1. The predicted octanol–water partition coefficient (Wildman–Crippen LogP) is 2.68. The monoisotopic (exact) mass is 226 g/mol. The van der Waals surface area contributed by atoms with Crippen molar-refractivity contribution in [2.24, 2.45) is 0 Å². The van der Waals surface area contributed by atoms with Crippen molar-refractivity contribution in [3.63, 3.8) is 0 Å². The Hall–Kier alpha value is -1.27. The van der Waals surface area contributed by atoms with E-state index in [-0.39, 0.29) is 5.69 Å².